The molecule has 14 nitrogen and oxygen atoms in total. The van der Waals surface area contributed by atoms with Crippen molar-refractivity contribution in [2.45, 2.75) is 29.5 Å². The predicted molar refractivity (Wildman–Crippen MR) is 133 cm³/mol. The number of aliphatic hydroxyl groups excluding tert-OH is 2. The number of likely N-dealkylation sites (N-methyl/N-ethyl adjacent to an activating group) is 2. The first-order valence-corrected chi connectivity index (χ1v) is 16.0. The molecule has 0 unspecified atom stereocenters. The summed E-state index contributed by atoms with van der Waals surface area (Å²) in [7, 11) is -14.3. The molecule has 0 aromatic carbocycles. The van der Waals surface area contributed by atoms with Crippen molar-refractivity contribution >= 4 is 40.1 Å². The van der Waals surface area contributed by atoms with Crippen molar-refractivity contribution in [2.75, 3.05) is 68.6 Å². The summed E-state index contributed by atoms with van der Waals surface area (Å²) in [6.07, 6.45) is 0. The molecule has 0 atom stereocenters. The van der Waals surface area contributed by atoms with Gasteiger partial charge in [0, 0.05) is 0 Å². The number of alkyl halides is 12. The molecular formula is C15H33ClF12LiN4O10S4+. The molecule has 47 heavy (non-hydrogen) atoms. The van der Waals surface area contributed by atoms with Crippen LogP contribution in [0.15, 0.2) is 0 Å². The summed E-state index contributed by atoms with van der Waals surface area (Å²) in [5.74, 6) is 0. The van der Waals surface area contributed by atoms with Crippen LogP contribution in [0.4, 0.5) is 52.7 Å². The summed E-state index contributed by atoms with van der Waals surface area (Å²) in [6, 6.07) is 0. The minimum absolute atomic E-state index is 0. The van der Waals surface area contributed by atoms with Crippen molar-refractivity contribution in [3.63, 3.8) is 0 Å². The Hall–Kier alpha value is -0.393. The largest absolute Gasteiger partial charge is 1.00 e. The molecule has 0 aliphatic heterocycles. The smallest absolute Gasteiger partial charge is 1.00 e. The maximum Gasteiger partial charge on any atom is 1.00 e. The molecule has 0 saturated carbocycles. The first-order valence-electron chi connectivity index (χ1n) is 10.1. The summed E-state index contributed by atoms with van der Waals surface area (Å²) in [6.45, 7) is 2.23. The van der Waals surface area contributed by atoms with Gasteiger partial charge in [-0.2, -0.15) is 52.7 Å². The SMILES string of the molecule is C.C[N+](C)(C)CCO.C[N+](C)(C)CCO.O=S(=O)(NS(=O)(=O)C(F)(F)F)C(F)(F)F.O=S(=O)([N-]S(=O)(=O)C(F)(F)F)C(F)(F)F.[Cl-].[Li+]. The Morgan fingerprint density at radius 3 is 0.809 bits per heavy atom. The van der Waals surface area contributed by atoms with Gasteiger partial charge in [0.2, 0.25) is 0 Å². The number of hydrogen-bond donors (Lipinski definition) is 3. The standard InChI is InChI=1S/2C5H14NO.C2HF6NO4S2.C2F6NO4S2.CH4.ClH.Li/c2*1-6(2,3)4-5-7;2*3-1(4,5)14(10,11)9-15(12,13)2(6,7)8;;;/h2*7H,4-5H2,1-3H3;9H;;1H4;1H;/q2*+1;;-1;;;+1/p-1. The molecule has 0 amide bonds. The van der Waals surface area contributed by atoms with Gasteiger partial charge < -0.3 is 35.7 Å². The van der Waals surface area contributed by atoms with Crippen LogP contribution in [0.5, 0.6) is 0 Å². The number of quaternary nitrogens is 2. The van der Waals surface area contributed by atoms with E-state index in [1.807, 2.05) is 0 Å². The van der Waals surface area contributed by atoms with E-state index in [1.54, 1.807) is 0 Å². The fourth-order valence-corrected chi connectivity index (χ4v) is 4.67. The molecule has 0 aliphatic rings. The number of rotatable bonds is 8. The van der Waals surface area contributed by atoms with Gasteiger partial charge >= 0.3 is 60.9 Å². The Bertz CT molecular complexity index is 1120. The number of hydrogen-bond acceptors (Lipinski definition) is 10. The van der Waals surface area contributed by atoms with Crippen LogP contribution in [0.25, 0.3) is 4.13 Å². The fourth-order valence-electron chi connectivity index (χ4n) is 1.05. The van der Waals surface area contributed by atoms with Gasteiger partial charge in [0.05, 0.1) is 55.5 Å². The third-order valence-electron chi connectivity index (χ3n) is 3.15. The molecule has 0 spiro atoms. The van der Waals surface area contributed by atoms with E-state index in [-0.39, 0.29) is 51.9 Å². The maximum absolute atomic E-state index is 11.5. The van der Waals surface area contributed by atoms with Crippen molar-refractivity contribution in [3.05, 3.63) is 4.13 Å². The van der Waals surface area contributed by atoms with Gasteiger partial charge in [-0.05, 0) is 0 Å². The van der Waals surface area contributed by atoms with Gasteiger partial charge in [-0.25, -0.2) is 33.7 Å². The van der Waals surface area contributed by atoms with E-state index in [2.05, 4.69) is 42.3 Å². The van der Waals surface area contributed by atoms with E-state index in [4.69, 9.17) is 10.2 Å². The van der Waals surface area contributed by atoms with Crippen LogP contribution < -0.4 is 35.4 Å². The molecule has 0 aromatic rings. The Kier molecular flexibility index (Phi) is 27.7. The minimum atomic E-state index is -6.72. The van der Waals surface area contributed by atoms with Crippen LogP contribution in [0, 0.1) is 0 Å². The molecule has 32 heteroatoms. The summed E-state index contributed by atoms with van der Waals surface area (Å²) in [5.41, 5.74) is -24.7. The van der Waals surface area contributed by atoms with Crippen molar-refractivity contribution in [1.82, 2.24) is 4.13 Å². The van der Waals surface area contributed by atoms with Gasteiger partial charge in [-0.3, -0.25) is 0 Å². The first-order chi connectivity index (χ1) is 18.5. The second-order valence-corrected chi connectivity index (χ2v) is 16.4. The Balaban J connectivity index is -0.0000000940. The Labute approximate surface area is 282 Å². The molecule has 288 valence electrons. The van der Waals surface area contributed by atoms with Crippen molar-refractivity contribution in [2.24, 2.45) is 0 Å². The number of aliphatic hydroxyl groups is 2. The van der Waals surface area contributed by atoms with Gasteiger partial charge in [0.15, 0.2) is 20.0 Å². The molecule has 3 N–H and O–H groups in total. The molecule has 0 saturated heterocycles. The summed E-state index contributed by atoms with van der Waals surface area (Å²) in [4.78, 5) is 0. The summed E-state index contributed by atoms with van der Waals surface area (Å²) < 4.78 is 219. The summed E-state index contributed by atoms with van der Waals surface area (Å²) in [5, 5.41) is 16.8. The number of halogens is 13. The Morgan fingerprint density at radius 2 is 0.723 bits per heavy atom. The maximum atomic E-state index is 11.5. The van der Waals surface area contributed by atoms with Gasteiger partial charge in [0.25, 0.3) is 0 Å². The van der Waals surface area contributed by atoms with Crippen LogP contribution in [0.1, 0.15) is 7.43 Å². The minimum Gasteiger partial charge on any atom is -1.00 e. The molecule has 0 radical (unpaired) electrons. The number of nitrogens with zero attached hydrogens (tertiary/aromatic N) is 3. The van der Waals surface area contributed by atoms with E-state index in [0.717, 1.165) is 26.2 Å². The van der Waals surface area contributed by atoms with Crippen LogP contribution in [-0.4, -0.2) is 143 Å². The van der Waals surface area contributed by atoms with E-state index < -0.39 is 66.3 Å². The Morgan fingerprint density at radius 1 is 0.532 bits per heavy atom. The zero-order chi connectivity index (χ0) is 37.2. The average Bonchev–Trinajstić information content (AvgIpc) is 2.62. The molecule has 0 fully saturated rings. The van der Waals surface area contributed by atoms with Crippen molar-refractivity contribution in [3.8, 4) is 0 Å². The molecule has 0 bridgehead atoms. The third kappa shape index (κ3) is 28.0. The van der Waals surface area contributed by atoms with E-state index >= 15 is 0 Å². The van der Waals surface area contributed by atoms with E-state index in [9.17, 15) is 86.4 Å². The number of sulfonamides is 4. The number of nitrogens with one attached hydrogen (secondary N) is 1. The topological polar surface area (TPSA) is 203 Å². The molecule has 0 aromatic heterocycles. The van der Waals surface area contributed by atoms with Crippen molar-refractivity contribution in [1.29, 1.82) is 0 Å². The predicted octanol–water partition coefficient (Wildman–Crippen LogP) is -4.65. The van der Waals surface area contributed by atoms with Gasteiger partial charge in [-0.15, -0.1) is 0 Å². The quantitative estimate of drug-likeness (QED) is 0.121. The van der Waals surface area contributed by atoms with E-state index in [0.29, 0.717) is 0 Å². The van der Waals surface area contributed by atoms with Crippen LogP contribution in [0.2, 0.25) is 0 Å². The van der Waals surface area contributed by atoms with Crippen LogP contribution in [-0.2, 0) is 40.1 Å². The van der Waals surface area contributed by atoms with Crippen LogP contribution in [0.3, 0.4) is 0 Å². The molecular weight excluding hydrogens is 795 g/mol. The molecule has 0 rings (SSSR count). The van der Waals surface area contributed by atoms with Gasteiger partial charge in [0.1, 0.15) is 13.1 Å². The summed E-state index contributed by atoms with van der Waals surface area (Å²) >= 11 is 0. The third-order valence-corrected chi connectivity index (χ3v) is 8.87. The second kappa shape index (κ2) is 21.1. The van der Waals surface area contributed by atoms with Crippen LogP contribution >= 0.6 is 0 Å². The zero-order valence-electron chi connectivity index (χ0n) is 24.4. The van der Waals surface area contributed by atoms with Gasteiger partial charge in [-0.1, -0.05) is 11.6 Å². The fraction of sp³-hybridized carbons (Fsp3) is 1.00. The first kappa shape index (κ1) is 61.8. The van der Waals surface area contributed by atoms with E-state index in [1.165, 1.54) is 0 Å². The zero-order valence-corrected chi connectivity index (χ0v) is 28.4. The average molecular weight is 828 g/mol. The molecule has 0 aliphatic carbocycles. The monoisotopic (exact) mass is 827 g/mol. The normalized spacial score (nSPS) is 13.4. The van der Waals surface area contributed by atoms with Crippen molar-refractivity contribution < 1.29 is 137 Å². The molecule has 0 heterocycles. The second-order valence-electron chi connectivity index (χ2n) is 9.37.